The maximum absolute atomic E-state index is 12.8. The topological polar surface area (TPSA) is 78.5 Å². The van der Waals surface area contributed by atoms with E-state index in [9.17, 15) is 13.2 Å². The number of carbonyl (C=O) groups excluding carboxylic acids is 1. The highest BCUT2D eigenvalue weighted by molar-refractivity contribution is 7.89. The Balaban J connectivity index is 1.76. The molecular weight excluding hydrogens is 350 g/mol. The average molecular weight is 373 g/mol. The minimum atomic E-state index is -3.53. The summed E-state index contributed by atoms with van der Waals surface area (Å²) in [5.74, 6) is 0. The van der Waals surface area contributed by atoms with E-state index >= 15 is 0 Å². The number of rotatable bonds is 4. The standard InChI is InChI=1S/C19H23N3O3S/c1-2-22-13-12-17(16-10-6-7-11-18(16)26(22,24)25)21-19(23)20-14-15-8-4-3-5-9-15/h3-11,17H,2,12-14H2,1H3,(H2,20,21,23)/t17-/m1/s1. The molecule has 0 aromatic heterocycles. The third-order valence-corrected chi connectivity index (χ3v) is 6.58. The van der Waals surface area contributed by atoms with E-state index in [0.717, 1.165) is 5.56 Å². The van der Waals surface area contributed by atoms with E-state index in [2.05, 4.69) is 10.6 Å². The van der Waals surface area contributed by atoms with Crippen LogP contribution in [0.1, 0.15) is 30.5 Å². The molecular formula is C19H23N3O3S. The van der Waals surface area contributed by atoms with Crippen molar-refractivity contribution in [3.63, 3.8) is 0 Å². The van der Waals surface area contributed by atoms with Crippen LogP contribution in [-0.2, 0) is 16.6 Å². The van der Waals surface area contributed by atoms with Gasteiger partial charge in [-0.2, -0.15) is 4.31 Å². The van der Waals surface area contributed by atoms with Gasteiger partial charge in [-0.05, 0) is 23.6 Å². The summed E-state index contributed by atoms with van der Waals surface area (Å²) < 4.78 is 27.0. The number of fused-ring (bicyclic) bond motifs is 1. The van der Waals surface area contributed by atoms with Crippen LogP contribution in [0, 0.1) is 0 Å². The van der Waals surface area contributed by atoms with Gasteiger partial charge < -0.3 is 10.6 Å². The van der Waals surface area contributed by atoms with Crippen LogP contribution >= 0.6 is 0 Å². The number of hydrogen-bond acceptors (Lipinski definition) is 3. The van der Waals surface area contributed by atoms with Crippen LogP contribution in [0.4, 0.5) is 4.79 Å². The molecule has 0 unspecified atom stereocenters. The van der Waals surface area contributed by atoms with Crippen LogP contribution in [-0.4, -0.2) is 31.8 Å². The first-order chi connectivity index (χ1) is 12.5. The number of benzene rings is 2. The second kappa shape index (κ2) is 7.88. The zero-order valence-electron chi connectivity index (χ0n) is 14.7. The van der Waals surface area contributed by atoms with Crippen LogP contribution in [0.2, 0.25) is 0 Å². The van der Waals surface area contributed by atoms with Gasteiger partial charge in [0, 0.05) is 19.6 Å². The van der Waals surface area contributed by atoms with Crippen LogP contribution in [0.25, 0.3) is 0 Å². The van der Waals surface area contributed by atoms with Crippen molar-refractivity contribution in [2.75, 3.05) is 13.1 Å². The molecule has 0 spiro atoms. The van der Waals surface area contributed by atoms with E-state index in [4.69, 9.17) is 0 Å². The lowest BCUT2D eigenvalue weighted by Crippen LogP contribution is -2.38. The molecule has 1 aliphatic rings. The number of nitrogens with zero attached hydrogens (tertiary/aromatic N) is 1. The van der Waals surface area contributed by atoms with Gasteiger partial charge in [0.2, 0.25) is 10.0 Å². The first kappa shape index (κ1) is 18.4. The number of sulfonamides is 1. The van der Waals surface area contributed by atoms with Gasteiger partial charge >= 0.3 is 6.03 Å². The van der Waals surface area contributed by atoms with Crippen molar-refractivity contribution in [1.29, 1.82) is 0 Å². The molecule has 0 saturated heterocycles. The van der Waals surface area contributed by atoms with E-state index in [1.54, 1.807) is 24.3 Å². The fraction of sp³-hybridized carbons (Fsp3) is 0.316. The largest absolute Gasteiger partial charge is 0.334 e. The Bertz CT molecular complexity index is 869. The Kier molecular flexibility index (Phi) is 5.58. The van der Waals surface area contributed by atoms with E-state index in [1.165, 1.54) is 4.31 Å². The number of carbonyl (C=O) groups is 1. The second-order valence-corrected chi connectivity index (χ2v) is 8.09. The van der Waals surface area contributed by atoms with Crippen molar-refractivity contribution in [1.82, 2.24) is 14.9 Å². The molecule has 7 heteroatoms. The van der Waals surface area contributed by atoms with Crippen molar-refractivity contribution < 1.29 is 13.2 Å². The summed E-state index contributed by atoms with van der Waals surface area (Å²) in [5.41, 5.74) is 1.64. The summed E-state index contributed by atoms with van der Waals surface area (Å²) in [6.07, 6.45) is 0.531. The molecule has 1 aliphatic heterocycles. The normalized spacial score (nSPS) is 19.2. The summed E-state index contributed by atoms with van der Waals surface area (Å²) in [6.45, 7) is 3.02. The highest BCUT2D eigenvalue weighted by Gasteiger charge is 2.33. The third-order valence-electron chi connectivity index (χ3n) is 4.53. The Labute approximate surface area is 154 Å². The highest BCUT2D eigenvalue weighted by Crippen LogP contribution is 2.31. The number of amides is 2. The number of urea groups is 1. The van der Waals surface area contributed by atoms with Crippen LogP contribution < -0.4 is 10.6 Å². The minimum absolute atomic E-state index is 0.271. The minimum Gasteiger partial charge on any atom is -0.334 e. The molecule has 26 heavy (non-hydrogen) atoms. The summed E-state index contributed by atoms with van der Waals surface area (Å²) in [7, 11) is -3.53. The van der Waals surface area contributed by atoms with Gasteiger partial charge in [0.25, 0.3) is 0 Å². The maximum atomic E-state index is 12.8. The molecule has 2 amide bonds. The van der Waals surface area contributed by atoms with Gasteiger partial charge in [0.05, 0.1) is 10.9 Å². The first-order valence-electron chi connectivity index (χ1n) is 8.69. The molecule has 0 fully saturated rings. The summed E-state index contributed by atoms with van der Waals surface area (Å²) >= 11 is 0. The van der Waals surface area contributed by atoms with Crippen LogP contribution in [0.5, 0.6) is 0 Å². The number of hydrogen-bond donors (Lipinski definition) is 2. The Morgan fingerprint density at radius 1 is 1.12 bits per heavy atom. The lowest BCUT2D eigenvalue weighted by atomic mass is 10.0. The van der Waals surface area contributed by atoms with Gasteiger partial charge in [-0.15, -0.1) is 0 Å². The monoisotopic (exact) mass is 373 g/mol. The van der Waals surface area contributed by atoms with E-state index in [1.807, 2.05) is 37.3 Å². The van der Waals surface area contributed by atoms with Crippen molar-refractivity contribution in [2.24, 2.45) is 0 Å². The molecule has 1 atom stereocenters. The van der Waals surface area contributed by atoms with Crippen molar-refractivity contribution in [3.05, 3.63) is 65.7 Å². The zero-order valence-corrected chi connectivity index (χ0v) is 15.5. The molecule has 0 saturated carbocycles. The second-order valence-electron chi connectivity index (χ2n) is 6.19. The summed E-state index contributed by atoms with van der Waals surface area (Å²) in [4.78, 5) is 12.6. The van der Waals surface area contributed by atoms with E-state index < -0.39 is 10.0 Å². The molecule has 138 valence electrons. The van der Waals surface area contributed by atoms with Crippen molar-refractivity contribution in [2.45, 2.75) is 30.8 Å². The van der Waals surface area contributed by atoms with Gasteiger partial charge in [-0.3, -0.25) is 0 Å². The SMILES string of the molecule is CCN1CC[C@@H](NC(=O)NCc2ccccc2)c2ccccc2S1(=O)=O. The molecule has 3 rings (SSSR count). The third kappa shape index (κ3) is 3.89. The van der Waals surface area contributed by atoms with Crippen molar-refractivity contribution >= 4 is 16.1 Å². The predicted octanol–water partition coefficient (Wildman–Crippen LogP) is 2.64. The molecule has 2 N–H and O–H groups in total. The first-order valence-corrected chi connectivity index (χ1v) is 10.1. The lowest BCUT2D eigenvalue weighted by Gasteiger charge is -2.19. The average Bonchev–Trinajstić information content (AvgIpc) is 2.76. The fourth-order valence-corrected chi connectivity index (χ4v) is 4.88. The highest BCUT2D eigenvalue weighted by atomic mass is 32.2. The zero-order chi connectivity index (χ0) is 18.6. The van der Waals surface area contributed by atoms with Crippen LogP contribution in [0.15, 0.2) is 59.5 Å². The van der Waals surface area contributed by atoms with Crippen molar-refractivity contribution in [3.8, 4) is 0 Å². The fourth-order valence-electron chi connectivity index (χ4n) is 3.16. The Morgan fingerprint density at radius 2 is 1.81 bits per heavy atom. The smallest absolute Gasteiger partial charge is 0.315 e. The quantitative estimate of drug-likeness (QED) is 0.865. The number of nitrogens with one attached hydrogen (secondary N) is 2. The Morgan fingerprint density at radius 3 is 2.54 bits per heavy atom. The van der Waals surface area contributed by atoms with E-state index in [0.29, 0.717) is 31.6 Å². The van der Waals surface area contributed by atoms with E-state index in [-0.39, 0.29) is 17.0 Å². The van der Waals surface area contributed by atoms with Gasteiger partial charge in [-0.25, -0.2) is 13.2 Å². The molecule has 0 aliphatic carbocycles. The maximum Gasteiger partial charge on any atom is 0.315 e. The molecule has 1 heterocycles. The molecule has 6 nitrogen and oxygen atoms in total. The predicted molar refractivity (Wildman–Crippen MR) is 100 cm³/mol. The summed E-state index contributed by atoms with van der Waals surface area (Å²) in [6, 6.07) is 15.9. The lowest BCUT2D eigenvalue weighted by molar-refractivity contribution is 0.235. The molecule has 2 aromatic rings. The van der Waals surface area contributed by atoms with Crippen LogP contribution in [0.3, 0.4) is 0 Å². The van der Waals surface area contributed by atoms with Gasteiger partial charge in [0.1, 0.15) is 0 Å². The Hall–Kier alpha value is -2.38. The molecule has 0 radical (unpaired) electrons. The van der Waals surface area contributed by atoms with Gasteiger partial charge in [-0.1, -0.05) is 55.5 Å². The molecule has 0 bridgehead atoms. The summed E-state index contributed by atoms with van der Waals surface area (Å²) in [5, 5.41) is 5.76. The van der Waals surface area contributed by atoms with Gasteiger partial charge in [0.15, 0.2) is 0 Å². The molecule has 2 aromatic carbocycles.